The van der Waals surface area contributed by atoms with Crippen LogP contribution < -0.4 is 5.32 Å². The van der Waals surface area contributed by atoms with Gasteiger partial charge in [0.05, 0.1) is 11.8 Å². The molecule has 0 radical (unpaired) electrons. The van der Waals surface area contributed by atoms with Crippen LogP contribution in [0.1, 0.15) is 29.4 Å². The van der Waals surface area contributed by atoms with Crippen LogP contribution in [0, 0.1) is 11.6 Å². The monoisotopic (exact) mass is 318 g/mol. The number of carbonyl (C=O) groups excluding carboxylic acids is 1. The molecule has 0 aliphatic carbocycles. The van der Waals surface area contributed by atoms with Gasteiger partial charge in [-0.1, -0.05) is 6.92 Å². The first-order valence-electron chi connectivity index (χ1n) is 7.38. The molecular formula is C17H16F2N2O2. The van der Waals surface area contributed by atoms with Gasteiger partial charge in [0.2, 0.25) is 0 Å². The minimum atomic E-state index is -0.646. The second kappa shape index (κ2) is 6.24. The van der Waals surface area contributed by atoms with E-state index in [2.05, 4.69) is 5.32 Å². The molecule has 2 aromatic heterocycles. The molecule has 4 nitrogen and oxygen atoms in total. The summed E-state index contributed by atoms with van der Waals surface area (Å²) in [6.45, 7) is 2.69. The van der Waals surface area contributed by atoms with E-state index in [1.807, 2.05) is 6.92 Å². The van der Waals surface area contributed by atoms with Crippen molar-refractivity contribution in [2.75, 3.05) is 6.54 Å². The Morgan fingerprint density at radius 2 is 1.96 bits per heavy atom. The SMILES string of the molecule is CCCNC(=O)c1cc2occc2n1Cc1cc(F)cc(F)c1. The highest BCUT2D eigenvalue weighted by Crippen LogP contribution is 2.23. The molecule has 120 valence electrons. The zero-order valence-corrected chi connectivity index (χ0v) is 12.6. The van der Waals surface area contributed by atoms with E-state index in [4.69, 9.17) is 4.42 Å². The van der Waals surface area contributed by atoms with Gasteiger partial charge in [-0.15, -0.1) is 0 Å². The number of furan rings is 1. The summed E-state index contributed by atoms with van der Waals surface area (Å²) in [5.74, 6) is -1.53. The third-order valence-electron chi connectivity index (χ3n) is 3.55. The molecule has 1 amide bonds. The van der Waals surface area contributed by atoms with Crippen molar-refractivity contribution in [3.05, 3.63) is 59.5 Å². The molecule has 0 unspecified atom stereocenters. The van der Waals surface area contributed by atoms with E-state index in [9.17, 15) is 13.6 Å². The molecule has 0 atom stereocenters. The van der Waals surface area contributed by atoms with Crippen molar-refractivity contribution in [2.24, 2.45) is 0 Å². The van der Waals surface area contributed by atoms with Crippen molar-refractivity contribution in [2.45, 2.75) is 19.9 Å². The lowest BCUT2D eigenvalue weighted by Crippen LogP contribution is -2.26. The van der Waals surface area contributed by atoms with Crippen molar-refractivity contribution in [3.63, 3.8) is 0 Å². The molecule has 0 spiro atoms. The number of rotatable bonds is 5. The standard InChI is InChI=1S/C17H16F2N2O2/c1-2-4-20-17(22)15-9-16-14(3-5-23-16)21(15)10-11-6-12(18)8-13(19)7-11/h3,5-9H,2,4,10H2,1H3,(H,20,22). The fourth-order valence-electron chi connectivity index (χ4n) is 2.55. The van der Waals surface area contributed by atoms with Crippen LogP contribution in [0.4, 0.5) is 8.78 Å². The normalized spacial score (nSPS) is 11.1. The Labute approximate surface area is 131 Å². The number of carbonyl (C=O) groups is 1. The lowest BCUT2D eigenvalue weighted by Gasteiger charge is -2.10. The molecule has 3 aromatic rings. The minimum Gasteiger partial charge on any atom is -0.463 e. The molecular weight excluding hydrogens is 302 g/mol. The Balaban J connectivity index is 2.00. The van der Waals surface area contributed by atoms with Gasteiger partial charge in [0, 0.05) is 31.3 Å². The van der Waals surface area contributed by atoms with Crippen LogP contribution in [-0.4, -0.2) is 17.0 Å². The number of fused-ring (bicyclic) bond motifs is 1. The smallest absolute Gasteiger partial charge is 0.268 e. The Hall–Kier alpha value is -2.63. The van der Waals surface area contributed by atoms with E-state index in [1.54, 1.807) is 16.7 Å². The van der Waals surface area contributed by atoms with Gasteiger partial charge in [-0.25, -0.2) is 8.78 Å². The van der Waals surface area contributed by atoms with E-state index in [0.29, 0.717) is 28.9 Å². The number of hydrogen-bond donors (Lipinski definition) is 1. The first-order chi connectivity index (χ1) is 11.1. The number of benzene rings is 1. The van der Waals surface area contributed by atoms with Gasteiger partial charge in [-0.3, -0.25) is 4.79 Å². The summed E-state index contributed by atoms with van der Waals surface area (Å²) in [6.07, 6.45) is 2.33. The van der Waals surface area contributed by atoms with Crippen LogP contribution in [0.3, 0.4) is 0 Å². The second-order valence-electron chi connectivity index (χ2n) is 5.32. The van der Waals surface area contributed by atoms with E-state index in [0.717, 1.165) is 12.5 Å². The molecule has 2 heterocycles. The van der Waals surface area contributed by atoms with E-state index < -0.39 is 11.6 Å². The summed E-state index contributed by atoms with van der Waals surface area (Å²) in [5.41, 5.74) is 2.10. The average molecular weight is 318 g/mol. The van der Waals surface area contributed by atoms with E-state index in [-0.39, 0.29) is 12.5 Å². The third-order valence-corrected chi connectivity index (χ3v) is 3.55. The average Bonchev–Trinajstić information content (AvgIpc) is 3.06. The van der Waals surface area contributed by atoms with Crippen LogP contribution >= 0.6 is 0 Å². The summed E-state index contributed by atoms with van der Waals surface area (Å²) >= 11 is 0. The van der Waals surface area contributed by atoms with Crippen LogP contribution in [0.2, 0.25) is 0 Å². The topological polar surface area (TPSA) is 47.2 Å². The Morgan fingerprint density at radius 1 is 1.22 bits per heavy atom. The number of nitrogens with zero attached hydrogens (tertiary/aromatic N) is 1. The van der Waals surface area contributed by atoms with E-state index >= 15 is 0 Å². The zero-order valence-electron chi connectivity index (χ0n) is 12.6. The van der Waals surface area contributed by atoms with Gasteiger partial charge in [-0.05, 0) is 24.1 Å². The lowest BCUT2D eigenvalue weighted by atomic mass is 10.2. The van der Waals surface area contributed by atoms with Gasteiger partial charge >= 0.3 is 0 Å². The van der Waals surface area contributed by atoms with Gasteiger partial charge in [-0.2, -0.15) is 0 Å². The fourth-order valence-corrected chi connectivity index (χ4v) is 2.55. The third kappa shape index (κ3) is 3.11. The van der Waals surface area contributed by atoms with Crippen molar-refractivity contribution in [1.82, 2.24) is 9.88 Å². The largest absolute Gasteiger partial charge is 0.463 e. The molecule has 0 bridgehead atoms. The number of amides is 1. The van der Waals surface area contributed by atoms with Gasteiger partial charge in [0.15, 0.2) is 5.58 Å². The van der Waals surface area contributed by atoms with Gasteiger partial charge in [0.25, 0.3) is 5.91 Å². The molecule has 23 heavy (non-hydrogen) atoms. The highest BCUT2D eigenvalue weighted by molar-refractivity contribution is 5.97. The first kappa shape index (κ1) is 15.3. The van der Waals surface area contributed by atoms with E-state index in [1.165, 1.54) is 18.4 Å². The minimum absolute atomic E-state index is 0.173. The second-order valence-corrected chi connectivity index (χ2v) is 5.32. The highest BCUT2D eigenvalue weighted by atomic mass is 19.1. The fraction of sp³-hybridized carbons (Fsp3) is 0.235. The number of hydrogen-bond acceptors (Lipinski definition) is 2. The molecule has 0 aliphatic rings. The zero-order chi connectivity index (χ0) is 16.4. The molecule has 3 rings (SSSR count). The van der Waals surface area contributed by atoms with Crippen molar-refractivity contribution in [3.8, 4) is 0 Å². The predicted octanol–water partition coefficient (Wildman–Crippen LogP) is 3.70. The van der Waals surface area contributed by atoms with Crippen LogP contribution in [0.25, 0.3) is 11.1 Å². The molecule has 1 aromatic carbocycles. The van der Waals surface area contributed by atoms with Crippen LogP contribution in [0.5, 0.6) is 0 Å². The molecule has 0 saturated heterocycles. The highest BCUT2D eigenvalue weighted by Gasteiger charge is 2.17. The quantitative estimate of drug-likeness (QED) is 0.780. The number of halogens is 2. The Morgan fingerprint density at radius 3 is 2.65 bits per heavy atom. The Bertz CT molecular complexity index is 831. The molecule has 0 saturated carbocycles. The summed E-state index contributed by atoms with van der Waals surface area (Å²) < 4.78 is 33.8. The summed E-state index contributed by atoms with van der Waals surface area (Å²) in [4.78, 5) is 12.3. The van der Waals surface area contributed by atoms with Crippen molar-refractivity contribution in [1.29, 1.82) is 0 Å². The van der Waals surface area contributed by atoms with Crippen LogP contribution in [0.15, 0.2) is 41.0 Å². The maximum Gasteiger partial charge on any atom is 0.268 e. The Kier molecular flexibility index (Phi) is 4.14. The lowest BCUT2D eigenvalue weighted by molar-refractivity contribution is 0.0945. The molecule has 0 fully saturated rings. The maximum absolute atomic E-state index is 13.4. The predicted molar refractivity (Wildman–Crippen MR) is 82.3 cm³/mol. The van der Waals surface area contributed by atoms with Crippen molar-refractivity contribution < 1.29 is 18.0 Å². The summed E-state index contributed by atoms with van der Waals surface area (Å²) in [6, 6.07) is 6.69. The molecule has 0 aliphatic heterocycles. The molecule has 1 N–H and O–H groups in total. The van der Waals surface area contributed by atoms with Crippen molar-refractivity contribution >= 4 is 17.0 Å². The number of nitrogens with one attached hydrogen (secondary N) is 1. The van der Waals surface area contributed by atoms with Gasteiger partial charge in [0.1, 0.15) is 17.3 Å². The molecule has 6 heteroatoms. The first-order valence-corrected chi connectivity index (χ1v) is 7.38. The maximum atomic E-state index is 13.4. The van der Waals surface area contributed by atoms with Gasteiger partial charge < -0.3 is 14.3 Å². The summed E-state index contributed by atoms with van der Waals surface area (Å²) in [5, 5.41) is 2.80. The summed E-state index contributed by atoms with van der Waals surface area (Å²) in [7, 11) is 0. The van der Waals surface area contributed by atoms with Crippen LogP contribution in [-0.2, 0) is 6.54 Å². The number of aromatic nitrogens is 1.